The van der Waals surface area contributed by atoms with E-state index in [4.69, 9.17) is 9.47 Å². The molecule has 12 heavy (non-hydrogen) atoms. The molecule has 5 heteroatoms. The van der Waals surface area contributed by atoms with E-state index < -0.39 is 6.16 Å². The van der Waals surface area contributed by atoms with E-state index in [1.165, 1.54) is 0 Å². The number of halogens is 2. The Bertz CT molecular complexity index is 141. The van der Waals surface area contributed by atoms with Crippen LogP contribution in [-0.2, 0) is 9.47 Å². The molecule has 0 N–H and O–H groups in total. The SMILES string of the molecule is CC(C)OC(=O)OC(I)CCBr. The summed E-state index contributed by atoms with van der Waals surface area (Å²) in [7, 11) is 0. The number of carbonyl (C=O) groups is 1. The molecular formula is C7H12BrIO3. The first-order valence-electron chi connectivity index (χ1n) is 3.63. The largest absolute Gasteiger partial charge is 0.509 e. The summed E-state index contributed by atoms with van der Waals surface area (Å²) in [5.74, 6) is 0. The summed E-state index contributed by atoms with van der Waals surface area (Å²) in [5.41, 5.74) is 0. The highest BCUT2D eigenvalue weighted by molar-refractivity contribution is 14.1. The van der Waals surface area contributed by atoms with E-state index in [2.05, 4.69) is 38.5 Å². The molecule has 1 unspecified atom stereocenters. The molecule has 0 fully saturated rings. The van der Waals surface area contributed by atoms with Crippen molar-refractivity contribution in [3.63, 3.8) is 0 Å². The summed E-state index contributed by atoms with van der Waals surface area (Å²) in [5, 5.41) is 0.815. The van der Waals surface area contributed by atoms with E-state index >= 15 is 0 Å². The number of ether oxygens (including phenoxy) is 2. The van der Waals surface area contributed by atoms with Crippen molar-refractivity contribution in [2.24, 2.45) is 0 Å². The number of hydrogen-bond donors (Lipinski definition) is 0. The quantitative estimate of drug-likeness (QED) is 0.444. The number of hydrogen-bond acceptors (Lipinski definition) is 3. The first-order valence-corrected chi connectivity index (χ1v) is 6.00. The van der Waals surface area contributed by atoms with Gasteiger partial charge in [-0.05, 0) is 36.4 Å². The topological polar surface area (TPSA) is 35.5 Å². The lowest BCUT2D eigenvalue weighted by Crippen LogP contribution is -2.17. The molecule has 3 nitrogen and oxygen atoms in total. The number of rotatable bonds is 4. The van der Waals surface area contributed by atoms with Crippen molar-refractivity contribution in [1.29, 1.82) is 0 Å². The molecule has 0 saturated carbocycles. The molecule has 0 aromatic heterocycles. The summed E-state index contributed by atoms with van der Waals surface area (Å²) in [4.78, 5) is 10.9. The molecule has 0 aliphatic carbocycles. The van der Waals surface area contributed by atoms with Crippen molar-refractivity contribution in [1.82, 2.24) is 0 Å². The van der Waals surface area contributed by atoms with Gasteiger partial charge in [-0.2, -0.15) is 0 Å². The highest BCUT2D eigenvalue weighted by atomic mass is 127. The smallest absolute Gasteiger partial charge is 0.432 e. The van der Waals surface area contributed by atoms with Gasteiger partial charge in [-0.25, -0.2) is 4.79 Å². The molecule has 0 saturated heterocycles. The van der Waals surface area contributed by atoms with Crippen LogP contribution >= 0.6 is 38.5 Å². The molecule has 0 aromatic rings. The van der Waals surface area contributed by atoms with Crippen molar-refractivity contribution >= 4 is 44.7 Å². The molecule has 0 radical (unpaired) electrons. The van der Waals surface area contributed by atoms with Crippen LogP contribution in [0.25, 0.3) is 0 Å². The zero-order valence-corrected chi connectivity index (χ0v) is 10.8. The molecule has 0 spiro atoms. The van der Waals surface area contributed by atoms with Crippen LogP contribution in [0.4, 0.5) is 4.79 Å². The van der Waals surface area contributed by atoms with E-state index in [1.807, 2.05) is 0 Å². The maximum atomic E-state index is 10.9. The average molecular weight is 351 g/mol. The van der Waals surface area contributed by atoms with E-state index in [0.717, 1.165) is 11.8 Å². The fraction of sp³-hybridized carbons (Fsp3) is 0.857. The minimum Gasteiger partial charge on any atom is -0.432 e. The van der Waals surface area contributed by atoms with Gasteiger partial charge in [0.05, 0.1) is 6.10 Å². The van der Waals surface area contributed by atoms with Crippen LogP contribution in [-0.4, -0.2) is 21.7 Å². The van der Waals surface area contributed by atoms with Crippen LogP contribution in [0.15, 0.2) is 0 Å². The summed E-state index contributed by atoms with van der Waals surface area (Å²) in [6.07, 6.45) is 0.0729. The molecule has 1 atom stereocenters. The van der Waals surface area contributed by atoms with Gasteiger partial charge in [-0.1, -0.05) is 15.9 Å². The lowest BCUT2D eigenvalue weighted by Gasteiger charge is -2.11. The fourth-order valence-electron chi connectivity index (χ4n) is 0.469. The van der Waals surface area contributed by atoms with Gasteiger partial charge in [0.2, 0.25) is 0 Å². The predicted octanol–water partition coefficient (Wildman–Crippen LogP) is 3.09. The highest BCUT2D eigenvalue weighted by Gasteiger charge is 2.12. The summed E-state index contributed by atoms with van der Waals surface area (Å²) in [6.45, 7) is 3.57. The van der Waals surface area contributed by atoms with Gasteiger partial charge in [-0.15, -0.1) is 0 Å². The molecule has 0 amide bonds. The minimum atomic E-state index is -0.592. The molecule has 0 aliphatic heterocycles. The van der Waals surface area contributed by atoms with Gasteiger partial charge in [0, 0.05) is 11.8 Å². The maximum Gasteiger partial charge on any atom is 0.509 e. The normalized spacial score (nSPS) is 12.8. The lowest BCUT2D eigenvalue weighted by atomic mass is 10.5. The predicted molar refractivity (Wildman–Crippen MR) is 58.9 cm³/mol. The van der Waals surface area contributed by atoms with Crippen molar-refractivity contribution in [3.8, 4) is 0 Å². The van der Waals surface area contributed by atoms with Gasteiger partial charge in [0.15, 0.2) is 4.11 Å². The third-order valence-electron chi connectivity index (χ3n) is 0.892. The van der Waals surface area contributed by atoms with Gasteiger partial charge in [-0.3, -0.25) is 0 Å². The molecule has 0 heterocycles. The molecule has 0 aromatic carbocycles. The number of carbonyl (C=O) groups excluding carboxylic acids is 1. The zero-order valence-electron chi connectivity index (χ0n) is 7.05. The van der Waals surface area contributed by atoms with Crippen molar-refractivity contribution < 1.29 is 14.3 Å². The van der Waals surface area contributed by atoms with Gasteiger partial charge in [0.1, 0.15) is 0 Å². The second kappa shape index (κ2) is 6.94. The fourth-order valence-corrected chi connectivity index (χ4v) is 2.26. The van der Waals surface area contributed by atoms with E-state index in [9.17, 15) is 4.79 Å². The maximum absolute atomic E-state index is 10.9. The first kappa shape index (κ1) is 12.5. The second-order valence-corrected chi connectivity index (χ2v) is 4.60. The number of alkyl halides is 2. The lowest BCUT2D eigenvalue weighted by molar-refractivity contribution is 0.0309. The Balaban J connectivity index is 3.54. The molecule has 0 aliphatic rings. The molecule has 72 valence electrons. The molecule has 0 rings (SSSR count). The first-order chi connectivity index (χ1) is 5.56. The Labute approximate surface area is 94.4 Å². The van der Waals surface area contributed by atoms with Crippen molar-refractivity contribution in [2.75, 3.05) is 5.33 Å². The zero-order chi connectivity index (χ0) is 9.56. The third-order valence-corrected chi connectivity index (χ3v) is 2.23. The van der Waals surface area contributed by atoms with E-state index in [1.54, 1.807) is 13.8 Å². The Morgan fingerprint density at radius 3 is 2.50 bits per heavy atom. The highest BCUT2D eigenvalue weighted by Crippen LogP contribution is 2.10. The van der Waals surface area contributed by atoms with Gasteiger partial charge in [0.25, 0.3) is 0 Å². The Kier molecular flexibility index (Phi) is 7.22. The standard InChI is InChI=1S/C7H12BrIO3/c1-5(2)11-7(10)12-6(9)3-4-8/h5-6H,3-4H2,1-2H3. The van der Waals surface area contributed by atoms with Crippen LogP contribution in [0.5, 0.6) is 0 Å². The third kappa shape index (κ3) is 7.15. The molecule has 0 bridgehead atoms. The van der Waals surface area contributed by atoms with Gasteiger partial charge >= 0.3 is 6.16 Å². The van der Waals surface area contributed by atoms with Gasteiger partial charge < -0.3 is 9.47 Å². The van der Waals surface area contributed by atoms with Crippen LogP contribution in [0, 0.1) is 0 Å². The van der Waals surface area contributed by atoms with E-state index in [-0.39, 0.29) is 10.2 Å². The average Bonchev–Trinajstić information content (AvgIpc) is 1.84. The Morgan fingerprint density at radius 1 is 1.50 bits per heavy atom. The second-order valence-electron chi connectivity index (χ2n) is 2.42. The van der Waals surface area contributed by atoms with Crippen LogP contribution in [0.1, 0.15) is 20.3 Å². The Hall–Kier alpha value is 0.480. The monoisotopic (exact) mass is 350 g/mol. The summed E-state index contributed by atoms with van der Waals surface area (Å²) >= 11 is 5.30. The van der Waals surface area contributed by atoms with Crippen LogP contribution in [0.3, 0.4) is 0 Å². The minimum absolute atomic E-state index is 0.117. The van der Waals surface area contributed by atoms with Crippen molar-refractivity contribution in [2.45, 2.75) is 30.5 Å². The van der Waals surface area contributed by atoms with Crippen molar-refractivity contribution in [3.05, 3.63) is 0 Å². The summed E-state index contributed by atoms with van der Waals surface area (Å²) in [6, 6.07) is 0. The van der Waals surface area contributed by atoms with E-state index in [0.29, 0.717) is 0 Å². The summed E-state index contributed by atoms with van der Waals surface area (Å²) < 4.78 is 9.57. The van der Waals surface area contributed by atoms with Crippen LogP contribution in [0.2, 0.25) is 0 Å². The molecular weight excluding hydrogens is 339 g/mol. The Morgan fingerprint density at radius 2 is 2.08 bits per heavy atom. The van der Waals surface area contributed by atoms with Crippen LogP contribution < -0.4 is 0 Å².